The van der Waals surface area contributed by atoms with E-state index in [2.05, 4.69) is 71.2 Å². The Morgan fingerprint density at radius 3 is 2.61 bits per heavy atom. The number of likely N-dealkylation sites (N-methyl/N-ethyl adjacent to an activating group) is 1. The summed E-state index contributed by atoms with van der Waals surface area (Å²) in [7, 11) is 5.44. The zero-order valence-electron chi connectivity index (χ0n) is 18.1. The van der Waals surface area contributed by atoms with Gasteiger partial charge in [-0.2, -0.15) is 0 Å². The van der Waals surface area contributed by atoms with Crippen LogP contribution in [0.2, 0.25) is 0 Å². The molecule has 3 aromatic carbocycles. The first kappa shape index (κ1) is 21.2. The average Bonchev–Trinajstić information content (AvgIpc) is 3.24. The third-order valence-electron chi connectivity index (χ3n) is 5.25. The molecule has 31 heavy (non-hydrogen) atoms. The number of hydrogen-bond donors (Lipinski definition) is 1. The smallest absolute Gasteiger partial charge is 0.187 e. The molecule has 4 rings (SSSR count). The maximum atomic E-state index is 5.40. The van der Waals surface area contributed by atoms with Gasteiger partial charge in [0.05, 0.1) is 19.9 Å². The molecule has 0 spiro atoms. The van der Waals surface area contributed by atoms with Crippen LogP contribution in [0, 0.1) is 0 Å². The van der Waals surface area contributed by atoms with Crippen molar-refractivity contribution in [3.8, 4) is 11.5 Å². The second-order valence-electron chi connectivity index (χ2n) is 7.47. The first-order valence-corrected chi connectivity index (χ1v) is 11.1. The van der Waals surface area contributed by atoms with Gasteiger partial charge in [0.1, 0.15) is 0 Å². The van der Waals surface area contributed by atoms with Crippen LogP contribution in [0.1, 0.15) is 11.3 Å². The standard InChI is InChI=1S/C25H27N3O2S/c1-28(14-13-18-11-12-23(29-2)24(15-18)30-3)16-20-17-31-25(26-20)27-22-10-6-8-19-7-4-5-9-21(19)22/h4-12,15,17H,13-14,16H2,1-3H3,(H,26,27). The molecule has 0 aliphatic rings. The van der Waals surface area contributed by atoms with Crippen molar-refractivity contribution in [2.75, 3.05) is 33.1 Å². The lowest BCUT2D eigenvalue weighted by Gasteiger charge is -2.16. The summed E-state index contributed by atoms with van der Waals surface area (Å²) in [4.78, 5) is 7.07. The second kappa shape index (κ2) is 9.81. The number of anilines is 2. The van der Waals surface area contributed by atoms with Crippen LogP contribution in [-0.2, 0) is 13.0 Å². The van der Waals surface area contributed by atoms with Gasteiger partial charge in [0.2, 0.25) is 0 Å². The monoisotopic (exact) mass is 433 g/mol. The highest BCUT2D eigenvalue weighted by Crippen LogP contribution is 2.29. The van der Waals surface area contributed by atoms with Crippen molar-refractivity contribution < 1.29 is 9.47 Å². The fraction of sp³-hybridized carbons (Fsp3) is 0.240. The molecule has 1 heterocycles. The zero-order chi connectivity index (χ0) is 21.6. The van der Waals surface area contributed by atoms with Gasteiger partial charge < -0.3 is 19.7 Å². The fourth-order valence-electron chi connectivity index (χ4n) is 3.60. The van der Waals surface area contributed by atoms with Gasteiger partial charge in [-0.1, -0.05) is 42.5 Å². The largest absolute Gasteiger partial charge is 0.493 e. The number of nitrogens with zero attached hydrogens (tertiary/aromatic N) is 2. The summed E-state index contributed by atoms with van der Waals surface area (Å²) in [5.74, 6) is 1.53. The molecule has 160 valence electrons. The molecular formula is C25H27N3O2S. The third-order valence-corrected chi connectivity index (χ3v) is 6.05. The van der Waals surface area contributed by atoms with Crippen molar-refractivity contribution in [1.29, 1.82) is 0 Å². The number of nitrogens with one attached hydrogen (secondary N) is 1. The van der Waals surface area contributed by atoms with E-state index in [1.165, 1.54) is 16.3 Å². The molecule has 0 amide bonds. The second-order valence-corrected chi connectivity index (χ2v) is 8.33. The molecule has 0 aliphatic heterocycles. The van der Waals surface area contributed by atoms with E-state index in [1.807, 2.05) is 12.1 Å². The lowest BCUT2D eigenvalue weighted by atomic mass is 10.1. The van der Waals surface area contributed by atoms with Crippen molar-refractivity contribution in [1.82, 2.24) is 9.88 Å². The van der Waals surface area contributed by atoms with E-state index < -0.39 is 0 Å². The number of thiazole rings is 1. The van der Waals surface area contributed by atoms with Gasteiger partial charge in [0.25, 0.3) is 0 Å². The minimum atomic E-state index is 0.758. The van der Waals surface area contributed by atoms with Crippen LogP contribution in [-0.4, -0.2) is 37.7 Å². The van der Waals surface area contributed by atoms with Crippen molar-refractivity contribution in [2.45, 2.75) is 13.0 Å². The lowest BCUT2D eigenvalue weighted by Crippen LogP contribution is -2.21. The first-order valence-electron chi connectivity index (χ1n) is 10.2. The van der Waals surface area contributed by atoms with Crippen LogP contribution in [0.3, 0.4) is 0 Å². The van der Waals surface area contributed by atoms with Gasteiger partial charge in [0, 0.05) is 29.5 Å². The number of benzene rings is 3. The van der Waals surface area contributed by atoms with E-state index in [1.54, 1.807) is 25.6 Å². The Morgan fingerprint density at radius 2 is 1.77 bits per heavy atom. The Morgan fingerprint density at radius 1 is 0.968 bits per heavy atom. The maximum absolute atomic E-state index is 5.40. The van der Waals surface area contributed by atoms with E-state index >= 15 is 0 Å². The molecule has 4 aromatic rings. The molecule has 1 aromatic heterocycles. The third kappa shape index (κ3) is 5.16. The molecule has 0 radical (unpaired) electrons. The molecule has 0 bridgehead atoms. The quantitative estimate of drug-likeness (QED) is 0.365. The number of ether oxygens (including phenoxy) is 2. The van der Waals surface area contributed by atoms with Gasteiger partial charge in [0.15, 0.2) is 16.6 Å². The summed E-state index contributed by atoms with van der Waals surface area (Å²) in [6.07, 6.45) is 0.933. The minimum absolute atomic E-state index is 0.758. The van der Waals surface area contributed by atoms with Gasteiger partial charge in [-0.05, 0) is 42.6 Å². The highest BCUT2D eigenvalue weighted by atomic mass is 32.1. The highest BCUT2D eigenvalue weighted by molar-refractivity contribution is 7.13. The summed E-state index contributed by atoms with van der Waals surface area (Å²) in [5, 5.41) is 8.95. The van der Waals surface area contributed by atoms with Crippen LogP contribution in [0.5, 0.6) is 11.5 Å². The number of fused-ring (bicyclic) bond motifs is 1. The van der Waals surface area contributed by atoms with Crippen LogP contribution < -0.4 is 14.8 Å². The Balaban J connectivity index is 1.35. The summed E-state index contributed by atoms with van der Waals surface area (Å²) >= 11 is 1.64. The summed E-state index contributed by atoms with van der Waals surface area (Å²) in [6, 6.07) is 20.8. The Labute approximate surface area is 187 Å². The van der Waals surface area contributed by atoms with Gasteiger partial charge in [-0.25, -0.2) is 4.98 Å². The summed E-state index contributed by atoms with van der Waals surface area (Å²) in [5.41, 5.74) is 3.38. The number of rotatable bonds is 9. The molecule has 0 fully saturated rings. The van der Waals surface area contributed by atoms with Gasteiger partial charge >= 0.3 is 0 Å². The molecule has 0 unspecified atom stereocenters. The van der Waals surface area contributed by atoms with E-state index in [4.69, 9.17) is 14.5 Å². The SMILES string of the molecule is COc1ccc(CCN(C)Cc2csc(Nc3cccc4ccccc34)n2)cc1OC. The normalized spacial score (nSPS) is 11.1. The molecule has 0 saturated carbocycles. The highest BCUT2D eigenvalue weighted by Gasteiger charge is 2.09. The Hall–Kier alpha value is -3.09. The van der Waals surface area contributed by atoms with E-state index in [0.717, 1.165) is 47.5 Å². The van der Waals surface area contributed by atoms with Crippen LogP contribution >= 0.6 is 11.3 Å². The van der Waals surface area contributed by atoms with Crippen molar-refractivity contribution >= 4 is 32.9 Å². The van der Waals surface area contributed by atoms with E-state index in [-0.39, 0.29) is 0 Å². The van der Waals surface area contributed by atoms with E-state index in [0.29, 0.717) is 0 Å². The van der Waals surface area contributed by atoms with Gasteiger partial charge in [-0.15, -0.1) is 11.3 Å². The molecule has 0 atom stereocenters. The predicted octanol–water partition coefficient (Wildman–Crippen LogP) is 5.73. The molecule has 0 saturated heterocycles. The molecule has 5 nitrogen and oxygen atoms in total. The minimum Gasteiger partial charge on any atom is -0.493 e. The molecular weight excluding hydrogens is 406 g/mol. The maximum Gasteiger partial charge on any atom is 0.187 e. The van der Waals surface area contributed by atoms with Crippen molar-refractivity contribution in [3.63, 3.8) is 0 Å². The topological polar surface area (TPSA) is 46.6 Å². The Bertz CT molecular complexity index is 1150. The van der Waals surface area contributed by atoms with E-state index in [9.17, 15) is 0 Å². The first-order chi connectivity index (χ1) is 15.2. The van der Waals surface area contributed by atoms with Crippen molar-refractivity contribution in [3.05, 3.63) is 77.3 Å². The number of hydrogen-bond acceptors (Lipinski definition) is 6. The zero-order valence-corrected chi connectivity index (χ0v) is 18.9. The number of methoxy groups -OCH3 is 2. The Kier molecular flexibility index (Phi) is 6.70. The van der Waals surface area contributed by atoms with Crippen molar-refractivity contribution in [2.24, 2.45) is 0 Å². The van der Waals surface area contributed by atoms with Gasteiger partial charge in [-0.3, -0.25) is 0 Å². The lowest BCUT2D eigenvalue weighted by molar-refractivity contribution is 0.327. The molecule has 6 heteroatoms. The fourth-order valence-corrected chi connectivity index (χ4v) is 4.31. The number of aromatic nitrogens is 1. The molecule has 1 N–H and O–H groups in total. The predicted molar refractivity (Wildman–Crippen MR) is 129 cm³/mol. The molecule has 0 aliphatic carbocycles. The van der Waals surface area contributed by atoms with Crippen LogP contribution in [0.25, 0.3) is 10.8 Å². The summed E-state index contributed by atoms with van der Waals surface area (Å²) in [6.45, 7) is 1.74. The average molecular weight is 434 g/mol. The van der Waals surface area contributed by atoms with Crippen LogP contribution in [0.4, 0.5) is 10.8 Å². The summed E-state index contributed by atoms with van der Waals surface area (Å²) < 4.78 is 10.7. The van der Waals surface area contributed by atoms with Crippen LogP contribution in [0.15, 0.2) is 66.0 Å².